The second-order valence-electron chi connectivity index (χ2n) is 5.47. The molecule has 0 radical (unpaired) electrons. The van der Waals surface area contributed by atoms with Crippen LogP contribution in [-0.2, 0) is 4.79 Å². The second-order valence-corrected chi connectivity index (χ2v) is 5.91. The van der Waals surface area contributed by atoms with Crippen LogP contribution in [0.3, 0.4) is 0 Å². The Hall–Kier alpha value is -2.47. The first-order chi connectivity index (χ1) is 11.9. The summed E-state index contributed by atoms with van der Waals surface area (Å²) in [6.07, 6.45) is 0.0342. The lowest BCUT2D eigenvalue weighted by molar-refractivity contribution is -0.121. The van der Waals surface area contributed by atoms with Crippen LogP contribution >= 0.6 is 11.6 Å². The predicted molar refractivity (Wildman–Crippen MR) is 91.3 cm³/mol. The van der Waals surface area contributed by atoms with Gasteiger partial charge in [-0.15, -0.1) is 0 Å². The first-order valence-corrected chi connectivity index (χ1v) is 8.02. The molecule has 4 nitrogen and oxygen atoms in total. The van der Waals surface area contributed by atoms with Gasteiger partial charge in [0.1, 0.15) is 11.6 Å². The van der Waals surface area contributed by atoms with Gasteiger partial charge < -0.3 is 10.6 Å². The maximum Gasteiger partial charge on any atom is 0.254 e. The zero-order valence-electron chi connectivity index (χ0n) is 13.5. The molecule has 132 valence electrons. The molecule has 2 N–H and O–H groups in total. The minimum absolute atomic E-state index is 0.0342. The fourth-order valence-electron chi connectivity index (χ4n) is 2.21. The number of carbonyl (C=O) groups excluding carboxylic acids is 2. The van der Waals surface area contributed by atoms with Gasteiger partial charge in [0.05, 0.1) is 11.6 Å². The highest BCUT2D eigenvalue weighted by Gasteiger charge is 2.13. The lowest BCUT2D eigenvalue weighted by Gasteiger charge is -2.14. The maximum absolute atomic E-state index is 13.5. The van der Waals surface area contributed by atoms with Crippen LogP contribution in [0.25, 0.3) is 0 Å². The van der Waals surface area contributed by atoms with Gasteiger partial charge in [0.2, 0.25) is 5.91 Å². The molecule has 25 heavy (non-hydrogen) atoms. The highest BCUT2D eigenvalue weighted by molar-refractivity contribution is 6.30. The smallest absolute Gasteiger partial charge is 0.254 e. The molecule has 2 rings (SSSR count). The van der Waals surface area contributed by atoms with Crippen molar-refractivity contribution in [2.24, 2.45) is 0 Å². The van der Waals surface area contributed by atoms with E-state index in [-0.39, 0.29) is 30.5 Å². The standard InChI is InChI=1S/C18H17ClF2N2O2/c1-11(12-2-4-13(19)5-3-12)23-17(24)8-9-22-18(25)15-7-6-14(20)10-16(15)21/h2-7,10-11H,8-9H2,1H3,(H,22,25)(H,23,24). The van der Waals surface area contributed by atoms with Crippen LogP contribution in [0.1, 0.15) is 35.3 Å². The second kappa shape index (κ2) is 8.58. The first-order valence-electron chi connectivity index (χ1n) is 7.65. The largest absolute Gasteiger partial charge is 0.351 e. The molecule has 0 aromatic heterocycles. The topological polar surface area (TPSA) is 58.2 Å². The predicted octanol–water partition coefficient (Wildman–Crippen LogP) is 3.62. The summed E-state index contributed by atoms with van der Waals surface area (Å²) in [5, 5.41) is 5.83. The van der Waals surface area contributed by atoms with Crippen LogP contribution in [0.15, 0.2) is 42.5 Å². The summed E-state index contributed by atoms with van der Waals surface area (Å²) in [6.45, 7) is 1.86. The average molecular weight is 367 g/mol. The third-order valence-electron chi connectivity index (χ3n) is 3.56. The molecule has 0 spiro atoms. The Bertz CT molecular complexity index is 766. The molecule has 2 aromatic rings. The zero-order valence-corrected chi connectivity index (χ0v) is 14.2. The molecule has 1 unspecified atom stereocenters. The van der Waals surface area contributed by atoms with Crippen molar-refractivity contribution >= 4 is 23.4 Å². The third-order valence-corrected chi connectivity index (χ3v) is 3.81. The Morgan fingerprint density at radius 1 is 1.12 bits per heavy atom. The molecule has 0 saturated heterocycles. The van der Waals surface area contributed by atoms with Crippen LogP contribution in [-0.4, -0.2) is 18.4 Å². The van der Waals surface area contributed by atoms with Crippen molar-refractivity contribution in [2.45, 2.75) is 19.4 Å². The van der Waals surface area contributed by atoms with Crippen LogP contribution < -0.4 is 10.6 Å². The van der Waals surface area contributed by atoms with E-state index in [4.69, 9.17) is 11.6 Å². The number of rotatable bonds is 6. The minimum atomic E-state index is -0.946. The maximum atomic E-state index is 13.5. The Morgan fingerprint density at radius 3 is 2.44 bits per heavy atom. The van der Waals surface area contributed by atoms with E-state index in [0.717, 1.165) is 17.7 Å². The fourth-order valence-corrected chi connectivity index (χ4v) is 2.33. The van der Waals surface area contributed by atoms with E-state index in [9.17, 15) is 18.4 Å². The Labute approximate surface area is 149 Å². The monoisotopic (exact) mass is 366 g/mol. The number of hydrogen-bond donors (Lipinski definition) is 2. The van der Waals surface area contributed by atoms with Crippen molar-refractivity contribution in [3.63, 3.8) is 0 Å². The van der Waals surface area contributed by atoms with E-state index in [0.29, 0.717) is 11.1 Å². The molecule has 2 aromatic carbocycles. The first kappa shape index (κ1) is 18.9. The van der Waals surface area contributed by atoms with Gasteiger partial charge >= 0.3 is 0 Å². The van der Waals surface area contributed by atoms with E-state index in [1.807, 2.05) is 19.1 Å². The molecule has 0 saturated carbocycles. The minimum Gasteiger partial charge on any atom is -0.351 e. The van der Waals surface area contributed by atoms with Gasteiger partial charge in [-0.3, -0.25) is 9.59 Å². The fraction of sp³-hybridized carbons (Fsp3) is 0.222. The van der Waals surface area contributed by atoms with Gasteiger partial charge in [0, 0.05) is 24.1 Å². The van der Waals surface area contributed by atoms with E-state index in [1.54, 1.807) is 12.1 Å². The van der Waals surface area contributed by atoms with E-state index < -0.39 is 17.5 Å². The number of nitrogens with one attached hydrogen (secondary N) is 2. The van der Waals surface area contributed by atoms with Crippen molar-refractivity contribution in [1.29, 1.82) is 0 Å². The SMILES string of the molecule is CC(NC(=O)CCNC(=O)c1ccc(F)cc1F)c1ccc(Cl)cc1. The molecule has 0 fully saturated rings. The normalized spacial score (nSPS) is 11.7. The quantitative estimate of drug-likeness (QED) is 0.820. The molecule has 0 aliphatic heterocycles. The van der Waals surface area contributed by atoms with E-state index in [1.165, 1.54) is 0 Å². The molecule has 2 amide bonds. The molecule has 7 heteroatoms. The summed E-state index contributed by atoms with van der Waals surface area (Å²) in [5.41, 5.74) is 0.631. The van der Waals surface area contributed by atoms with E-state index in [2.05, 4.69) is 10.6 Å². The molecule has 0 bridgehead atoms. The van der Waals surface area contributed by atoms with Gasteiger partial charge in [-0.25, -0.2) is 8.78 Å². The molecule has 1 atom stereocenters. The lowest BCUT2D eigenvalue weighted by Crippen LogP contribution is -2.32. The Kier molecular flexibility index (Phi) is 6.47. The summed E-state index contributed by atoms with van der Waals surface area (Å²) in [6, 6.07) is 9.57. The zero-order chi connectivity index (χ0) is 18.4. The van der Waals surface area contributed by atoms with E-state index >= 15 is 0 Å². The van der Waals surface area contributed by atoms with Gasteiger partial charge in [0.25, 0.3) is 5.91 Å². The number of benzene rings is 2. The molecular weight excluding hydrogens is 350 g/mol. The van der Waals surface area contributed by atoms with Gasteiger partial charge in [-0.05, 0) is 36.8 Å². The number of amides is 2. The average Bonchev–Trinajstić information content (AvgIpc) is 2.55. The van der Waals surface area contributed by atoms with Crippen LogP contribution in [0, 0.1) is 11.6 Å². The van der Waals surface area contributed by atoms with Gasteiger partial charge in [-0.1, -0.05) is 23.7 Å². The number of hydrogen-bond acceptors (Lipinski definition) is 2. The van der Waals surface area contributed by atoms with Crippen molar-refractivity contribution < 1.29 is 18.4 Å². The third kappa shape index (κ3) is 5.53. The highest BCUT2D eigenvalue weighted by atomic mass is 35.5. The molecule has 0 aliphatic rings. The summed E-state index contributed by atoms with van der Waals surface area (Å²) in [7, 11) is 0. The summed E-state index contributed by atoms with van der Waals surface area (Å²) >= 11 is 5.82. The highest BCUT2D eigenvalue weighted by Crippen LogP contribution is 2.16. The van der Waals surface area contributed by atoms with Crippen molar-refractivity contribution in [2.75, 3.05) is 6.54 Å². The van der Waals surface area contributed by atoms with Gasteiger partial charge in [0.15, 0.2) is 0 Å². The van der Waals surface area contributed by atoms with Crippen LogP contribution in [0.5, 0.6) is 0 Å². The van der Waals surface area contributed by atoms with Crippen molar-refractivity contribution in [3.8, 4) is 0 Å². The number of carbonyl (C=O) groups is 2. The summed E-state index contributed by atoms with van der Waals surface area (Å²) in [5.74, 6) is -2.67. The van der Waals surface area contributed by atoms with Crippen molar-refractivity contribution in [1.82, 2.24) is 10.6 Å². The molecule has 0 heterocycles. The lowest BCUT2D eigenvalue weighted by atomic mass is 10.1. The summed E-state index contributed by atoms with van der Waals surface area (Å²) in [4.78, 5) is 23.7. The Morgan fingerprint density at radius 2 is 1.80 bits per heavy atom. The van der Waals surface area contributed by atoms with Crippen LogP contribution in [0.4, 0.5) is 8.78 Å². The number of halogens is 3. The van der Waals surface area contributed by atoms with Gasteiger partial charge in [-0.2, -0.15) is 0 Å². The summed E-state index contributed by atoms with van der Waals surface area (Å²) < 4.78 is 26.3. The van der Waals surface area contributed by atoms with Crippen molar-refractivity contribution in [3.05, 3.63) is 70.2 Å². The van der Waals surface area contributed by atoms with Crippen LogP contribution in [0.2, 0.25) is 5.02 Å². The Balaban J connectivity index is 1.80. The molecule has 0 aliphatic carbocycles. The molecular formula is C18H17ClF2N2O2.